The molecule has 0 aromatic carbocycles. The quantitative estimate of drug-likeness (QED) is 0.229. The summed E-state index contributed by atoms with van der Waals surface area (Å²) in [5, 5.41) is 23.1. The van der Waals surface area contributed by atoms with Crippen LogP contribution in [-0.2, 0) is 13.8 Å². The molecule has 1 aliphatic rings. The molecule has 5 atom stereocenters. The first-order valence-corrected chi connectivity index (χ1v) is 10.5. The van der Waals surface area contributed by atoms with E-state index in [1.807, 2.05) is 17.5 Å². The Hall–Kier alpha value is -0.890. The van der Waals surface area contributed by atoms with Crippen LogP contribution in [0.2, 0.25) is 0 Å². The second-order valence-corrected chi connectivity index (χ2v) is 8.34. The first kappa shape index (κ1) is 22.8. The van der Waals surface area contributed by atoms with Crippen molar-refractivity contribution in [2.75, 3.05) is 12.3 Å². The van der Waals surface area contributed by atoms with Gasteiger partial charge in [0, 0.05) is 16.6 Å². The molecule has 1 saturated heterocycles. The van der Waals surface area contributed by atoms with Gasteiger partial charge >= 0.3 is 29.6 Å². The van der Waals surface area contributed by atoms with E-state index >= 15 is 0 Å². The molecule has 0 bridgehead atoms. The number of thiophene rings is 1. The number of rotatable bonds is 5. The number of hydrogen-bond donors (Lipinski definition) is 4. The number of ether oxygens (including phenoxy) is 1. The van der Waals surface area contributed by atoms with Crippen molar-refractivity contribution < 1.29 is 63.4 Å². The van der Waals surface area contributed by atoms with Gasteiger partial charge in [-0.15, -0.1) is 11.3 Å². The molecule has 0 amide bonds. The average Bonchev–Trinajstić information content (AvgIpc) is 3.33. The van der Waals surface area contributed by atoms with E-state index in [0.717, 1.165) is 10.4 Å². The number of phosphoric acid groups is 1. The number of anilines is 1. The van der Waals surface area contributed by atoms with Crippen molar-refractivity contribution in [1.82, 2.24) is 14.5 Å². The molecule has 0 aliphatic carbocycles. The van der Waals surface area contributed by atoms with Crippen molar-refractivity contribution in [2.24, 2.45) is 0 Å². The van der Waals surface area contributed by atoms with Crippen LogP contribution in [0.1, 0.15) is 6.23 Å². The van der Waals surface area contributed by atoms with Crippen LogP contribution < -0.4 is 40.2 Å². The van der Waals surface area contributed by atoms with Crippen molar-refractivity contribution >= 4 is 36.0 Å². The summed E-state index contributed by atoms with van der Waals surface area (Å²) >= 11 is 1.48. The van der Waals surface area contributed by atoms with Crippen LogP contribution in [0.25, 0.3) is 21.5 Å². The van der Waals surface area contributed by atoms with E-state index in [4.69, 9.17) is 15.4 Å². The second kappa shape index (κ2) is 8.69. The molecule has 3 aromatic heterocycles. The fourth-order valence-corrected chi connectivity index (χ4v) is 4.26. The third kappa shape index (κ3) is 4.43. The predicted octanol–water partition coefficient (Wildman–Crippen LogP) is -3.16. The molecular formula is C15H16N4NaO7PS. The molecule has 3 aromatic rings. The zero-order chi connectivity index (χ0) is 20.1. The maximum Gasteiger partial charge on any atom is 1.00 e. The maximum absolute atomic E-state index is 10.8. The Kier molecular flexibility index (Phi) is 6.83. The number of nitrogens with zero attached hydrogens (tertiary/aromatic N) is 3. The molecule has 1 aliphatic heterocycles. The fraction of sp³-hybridized carbons (Fsp3) is 0.333. The third-order valence-corrected chi connectivity index (χ3v) is 5.82. The molecule has 0 radical (unpaired) electrons. The van der Waals surface area contributed by atoms with Gasteiger partial charge in [-0.1, -0.05) is 6.07 Å². The Bertz CT molecular complexity index is 1040. The number of aliphatic hydroxyl groups excluding tert-OH is 2. The second-order valence-electron chi connectivity index (χ2n) is 6.20. The molecule has 5 N–H and O–H groups in total. The van der Waals surface area contributed by atoms with E-state index in [0.29, 0.717) is 11.0 Å². The van der Waals surface area contributed by atoms with Gasteiger partial charge in [0.15, 0.2) is 6.23 Å². The van der Waals surface area contributed by atoms with Crippen molar-refractivity contribution in [2.45, 2.75) is 24.5 Å². The number of aromatic nitrogens is 3. The van der Waals surface area contributed by atoms with Crippen LogP contribution in [0.5, 0.6) is 0 Å². The van der Waals surface area contributed by atoms with Gasteiger partial charge in [0.2, 0.25) is 0 Å². The number of hydrogen-bond acceptors (Lipinski definition) is 10. The van der Waals surface area contributed by atoms with E-state index in [2.05, 4.69) is 14.5 Å². The Morgan fingerprint density at radius 2 is 2.14 bits per heavy atom. The monoisotopic (exact) mass is 450 g/mol. The van der Waals surface area contributed by atoms with Gasteiger partial charge in [-0.25, -0.2) is 9.97 Å². The smallest absolute Gasteiger partial charge is 0.756 e. The summed E-state index contributed by atoms with van der Waals surface area (Å²) in [5.41, 5.74) is 7.14. The minimum Gasteiger partial charge on any atom is -0.756 e. The summed E-state index contributed by atoms with van der Waals surface area (Å²) in [4.78, 5) is 28.7. The van der Waals surface area contributed by atoms with E-state index in [-0.39, 0.29) is 35.4 Å². The third-order valence-electron chi connectivity index (χ3n) is 4.44. The van der Waals surface area contributed by atoms with Gasteiger partial charge in [-0.3, -0.25) is 4.57 Å². The summed E-state index contributed by atoms with van der Waals surface area (Å²) in [6, 6.07) is 3.76. The standard InChI is InChI=1S/C15H17N4O7PS.Na/c16-13-10-7(9-2-1-3-28-9)4-19(14(10)18-6-17-13)15-12(21)11(20)8(26-15)5-25-27(22,23)24;/h1-4,6,8,11-12,15,20-21H,5H2,(H2,16,17,18)(H2,22,23,24);/q;+1/p-1/t8-,11-,12-,15-;/m1./s1. The van der Waals surface area contributed by atoms with Gasteiger partial charge in [0.25, 0.3) is 7.82 Å². The zero-order valence-electron chi connectivity index (χ0n) is 15.2. The molecule has 14 heteroatoms. The van der Waals surface area contributed by atoms with Crippen LogP contribution in [0.15, 0.2) is 30.0 Å². The van der Waals surface area contributed by atoms with E-state index in [1.165, 1.54) is 22.2 Å². The number of nitrogens with two attached hydrogens (primary N) is 1. The average molecular weight is 450 g/mol. The molecular weight excluding hydrogens is 434 g/mol. The van der Waals surface area contributed by atoms with Gasteiger partial charge in [-0.05, 0) is 11.4 Å². The van der Waals surface area contributed by atoms with Crippen LogP contribution in [0, 0.1) is 0 Å². The molecule has 0 saturated carbocycles. The van der Waals surface area contributed by atoms with Crippen molar-refractivity contribution in [3.05, 3.63) is 30.0 Å². The topological polar surface area (TPSA) is 176 Å². The summed E-state index contributed by atoms with van der Waals surface area (Å²) in [7, 11) is -5.00. The molecule has 4 heterocycles. The molecule has 1 unspecified atom stereocenters. The molecule has 150 valence electrons. The molecule has 4 rings (SSSR count). The van der Waals surface area contributed by atoms with Crippen LogP contribution in [0.3, 0.4) is 0 Å². The normalized spacial score (nSPS) is 26.3. The summed E-state index contributed by atoms with van der Waals surface area (Å²) < 4.78 is 22.2. The fourth-order valence-electron chi connectivity index (χ4n) is 3.19. The first-order chi connectivity index (χ1) is 13.3. The van der Waals surface area contributed by atoms with Gasteiger partial charge in [0.05, 0.1) is 12.0 Å². The summed E-state index contributed by atoms with van der Waals surface area (Å²) in [5.74, 6) is 0.243. The number of fused-ring (bicyclic) bond motifs is 1. The van der Waals surface area contributed by atoms with Gasteiger partial charge < -0.3 is 39.6 Å². The Morgan fingerprint density at radius 3 is 2.79 bits per heavy atom. The van der Waals surface area contributed by atoms with E-state index < -0.39 is 39.0 Å². The van der Waals surface area contributed by atoms with Crippen molar-refractivity contribution in [1.29, 1.82) is 0 Å². The molecule has 0 spiro atoms. The van der Waals surface area contributed by atoms with Crippen LogP contribution in [-0.4, -0.2) is 54.6 Å². The number of phosphoric ester groups is 1. The number of nitrogen functional groups attached to an aromatic ring is 1. The Labute approximate surface area is 190 Å². The number of aliphatic hydroxyl groups is 2. The molecule has 29 heavy (non-hydrogen) atoms. The largest absolute Gasteiger partial charge is 1.00 e. The van der Waals surface area contributed by atoms with Crippen molar-refractivity contribution in [3.8, 4) is 10.4 Å². The minimum absolute atomic E-state index is 0. The van der Waals surface area contributed by atoms with E-state index in [1.54, 1.807) is 6.20 Å². The summed E-state index contributed by atoms with van der Waals surface area (Å²) in [6.07, 6.45) is -2.17. The first-order valence-electron chi connectivity index (χ1n) is 8.11. The zero-order valence-corrected chi connectivity index (χ0v) is 18.9. The van der Waals surface area contributed by atoms with Crippen LogP contribution in [0.4, 0.5) is 5.82 Å². The maximum atomic E-state index is 10.8. The summed E-state index contributed by atoms with van der Waals surface area (Å²) in [6.45, 7) is -0.653. The van der Waals surface area contributed by atoms with Crippen molar-refractivity contribution in [3.63, 3.8) is 0 Å². The Balaban J connectivity index is 0.00000240. The van der Waals surface area contributed by atoms with E-state index in [9.17, 15) is 19.7 Å². The minimum atomic E-state index is -5.00. The van der Waals surface area contributed by atoms with Gasteiger partial charge in [-0.2, -0.15) is 0 Å². The SMILES string of the molecule is Nc1ncnc2c1c(-c1cccs1)cn2[C@@H]1O[C@H](COP(=O)([O-])O)[C@@H](O)[C@H]1O.[Na+]. The van der Waals surface area contributed by atoms with Gasteiger partial charge in [0.1, 0.15) is 36.1 Å². The molecule has 11 nitrogen and oxygen atoms in total. The predicted molar refractivity (Wildman–Crippen MR) is 97.0 cm³/mol. The molecule has 1 fully saturated rings. The Morgan fingerprint density at radius 1 is 1.38 bits per heavy atom. The van der Waals surface area contributed by atoms with Crippen LogP contribution >= 0.6 is 19.2 Å².